The Morgan fingerprint density at radius 3 is 3.00 bits per heavy atom. The zero-order valence-corrected chi connectivity index (χ0v) is 8.56. The molecule has 0 radical (unpaired) electrons. The Balaban J connectivity index is 2.37. The Bertz CT molecular complexity index is 279. The number of ether oxygens (including phenoxy) is 2. The Kier molecular flexibility index (Phi) is 4.35. The van der Waals surface area contributed by atoms with Crippen molar-refractivity contribution in [3.05, 3.63) is 24.0 Å². The molecule has 14 heavy (non-hydrogen) atoms. The number of nitrogens with two attached hydrogens (primary N) is 1. The standard InChI is InChI=1S/C10H16N2O2/c1-8(6-13-2)14-7-10-5-9(11)3-4-12-10/h3-5,8H,6-7H2,1-2H3,(H2,11,12). The van der Waals surface area contributed by atoms with Gasteiger partial charge in [0.1, 0.15) is 0 Å². The van der Waals surface area contributed by atoms with Crippen LogP contribution in [0.1, 0.15) is 12.6 Å². The lowest BCUT2D eigenvalue weighted by atomic mass is 10.3. The van der Waals surface area contributed by atoms with Crippen LogP contribution in [0.5, 0.6) is 0 Å². The molecule has 1 unspecified atom stereocenters. The van der Waals surface area contributed by atoms with Crippen LogP contribution in [0.2, 0.25) is 0 Å². The summed E-state index contributed by atoms with van der Waals surface area (Å²) in [6.07, 6.45) is 1.75. The van der Waals surface area contributed by atoms with E-state index in [4.69, 9.17) is 15.2 Å². The van der Waals surface area contributed by atoms with E-state index < -0.39 is 0 Å². The van der Waals surface area contributed by atoms with Crippen LogP contribution in [0.4, 0.5) is 5.69 Å². The van der Waals surface area contributed by atoms with E-state index >= 15 is 0 Å². The van der Waals surface area contributed by atoms with E-state index in [0.717, 1.165) is 5.69 Å². The molecule has 4 heteroatoms. The molecule has 4 nitrogen and oxygen atoms in total. The van der Waals surface area contributed by atoms with Gasteiger partial charge in [-0.15, -0.1) is 0 Å². The van der Waals surface area contributed by atoms with Crippen molar-refractivity contribution in [1.82, 2.24) is 4.98 Å². The lowest BCUT2D eigenvalue weighted by molar-refractivity contribution is -0.00134. The molecule has 0 saturated carbocycles. The van der Waals surface area contributed by atoms with Crippen molar-refractivity contribution in [2.45, 2.75) is 19.6 Å². The van der Waals surface area contributed by atoms with Crippen molar-refractivity contribution < 1.29 is 9.47 Å². The van der Waals surface area contributed by atoms with Crippen LogP contribution in [0.3, 0.4) is 0 Å². The highest BCUT2D eigenvalue weighted by Crippen LogP contribution is 2.05. The molecule has 0 fully saturated rings. The summed E-state index contributed by atoms with van der Waals surface area (Å²) in [6.45, 7) is 3.01. The van der Waals surface area contributed by atoms with Gasteiger partial charge < -0.3 is 15.2 Å². The first-order valence-corrected chi connectivity index (χ1v) is 4.53. The molecule has 0 aromatic carbocycles. The molecule has 1 aromatic rings. The fourth-order valence-electron chi connectivity index (χ4n) is 1.09. The number of aromatic nitrogens is 1. The van der Waals surface area contributed by atoms with Gasteiger partial charge in [0.25, 0.3) is 0 Å². The van der Waals surface area contributed by atoms with E-state index in [1.165, 1.54) is 0 Å². The monoisotopic (exact) mass is 196 g/mol. The first-order chi connectivity index (χ1) is 6.72. The summed E-state index contributed by atoms with van der Waals surface area (Å²) >= 11 is 0. The van der Waals surface area contributed by atoms with Crippen molar-refractivity contribution >= 4 is 5.69 Å². The molecular formula is C10H16N2O2. The second kappa shape index (κ2) is 5.57. The van der Waals surface area contributed by atoms with Crippen LogP contribution >= 0.6 is 0 Å². The summed E-state index contributed by atoms with van der Waals surface area (Å²) in [5.74, 6) is 0. The van der Waals surface area contributed by atoms with Crippen molar-refractivity contribution in [3.8, 4) is 0 Å². The zero-order chi connectivity index (χ0) is 10.4. The van der Waals surface area contributed by atoms with Gasteiger partial charge in [-0.1, -0.05) is 0 Å². The highest BCUT2D eigenvalue weighted by atomic mass is 16.5. The SMILES string of the molecule is COCC(C)OCc1cc(N)ccn1. The zero-order valence-electron chi connectivity index (χ0n) is 8.56. The number of nitrogen functional groups attached to an aromatic ring is 1. The van der Waals surface area contributed by atoms with Gasteiger partial charge in [0.15, 0.2) is 0 Å². The number of anilines is 1. The average molecular weight is 196 g/mol. The summed E-state index contributed by atoms with van der Waals surface area (Å²) < 4.78 is 10.4. The van der Waals surface area contributed by atoms with Gasteiger partial charge in [-0.3, -0.25) is 4.98 Å². The second-order valence-electron chi connectivity index (χ2n) is 3.16. The molecule has 0 spiro atoms. The van der Waals surface area contributed by atoms with Crippen LogP contribution in [-0.4, -0.2) is 24.8 Å². The number of pyridine rings is 1. The first kappa shape index (κ1) is 10.9. The quantitative estimate of drug-likeness (QED) is 0.769. The lowest BCUT2D eigenvalue weighted by Crippen LogP contribution is -2.14. The van der Waals surface area contributed by atoms with Gasteiger partial charge in [0.2, 0.25) is 0 Å². The normalized spacial score (nSPS) is 12.7. The summed E-state index contributed by atoms with van der Waals surface area (Å²) in [5, 5.41) is 0. The van der Waals surface area contributed by atoms with Gasteiger partial charge in [-0.25, -0.2) is 0 Å². The van der Waals surface area contributed by atoms with Crippen LogP contribution < -0.4 is 5.73 Å². The molecule has 0 aliphatic rings. The van der Waals surface area contributed by atoms with Crippen LogP contribution in [0.15, 0.2) is 18.3 Å². The number of hydrogen-bond acceptors (Lipinski definition) is 4. The van der Waals surface area contributed by atoms with Gasteiger partial charge in [-0.05, 0) is 19.1 Å². The predicted molar refractivity (Wildman–Crippen MR) is 54.8 cm³/mol. The van der Waals surface area contributed by atoms with Gasteiger partial charge in [-0.2, -0.15) is 0 Å². The van der Waals surface area contributed by atoms with E-state index in [1.54, 1.807) is 25.4 Å². The summed E-state index contributed by atoms with van der Waals surface area (Å²) in [4.78, 5) is 4.13. The molecule has 0 aliphatic carbocycles. The number of rotatable bonds is 5. The summed E-state index contributed by atoms with van der Waals surface area (Å²) in [6, 6.07) is 3.56. The third kappa shape index (κ3) is 3.72. The Morgan fingerprint density at radius 1 is 1.57 bits per heavy atom. The molecule has 0 amide bonds. The minimum Gasteiger partial charge on any atom is -0.399 e. The smallest absolute Gasteiger partial charge is 0.0893 e. The maximum Gasteiger partial charge on any atom is 0.0893 e. The fourth-order valence-corrected chi connectivity index (χ4v) is 1.09. The Hall–Kier alpha value is -1.13. The Morgan fingerprint density at radius 2 is 2.36 bits per heavy atom. The minimum atomic E-state index is 0.0724. The van der Waals surface area contributed by atoms with Gasteiger partial charge in [0.05, 0.1) is 25.0 Å². The maximum absolute atomic E-state index is 5.60. The van der Waals surface area contributed by atoms with E-state index in [9.17, 15) is 0 Å². The molecule has 2 N–H and O–H groups in total. The first-order valence-electron chi connectivity index (χ1n) is 4.53. The molecule has 1 heterocycles. The molecule has 78 valence electrons. The minimum absolute atomic E-state index is 0.0724. The molecule has 1 atom stereocenters. The molecule has 0 bridgehead atoms. The van der Waals surface area contributed by atoms with Crippen LogP contribution in [-0.2, 0) is 16.1 Å². The maximum atomic E-state index is 5.60. The van der Waals surface area contributed by atoms with Crippen molar-refractivity contribution in [2.75, 3.05) is 19.5 Å². The highest BCUT2D eigenvalue weighted by Gasteiger charge is 2.02. The van der Waals surface area contributed by atoms with Crippen molar-refractivity contribution in [2.24, 2.45) is 0 Å². The lowest BCUT2D eigenvalue weighted by Gasteiger charge is -2.11. The molecular weight excluding hydrogens is 180 g/mol. The van der Waals surface area contributed by atoms with Gasteiger partial charge >= 0.3 is 0 Å². The topological polar surface area (TPSA) is 57.4 Å². The summed E-state index contributed by atoms with van der Waals surface area (Å²) in [7, 11) is 1.65. The molecule has 0 aliphatic heterocycles. The Labute approximate surface area is 84.0 Å². The third-order valence-corrected chi connectivity index (χ3v) is 1.76. The predicted octanol–water partition coefficient (Wildman–Crippen LogP) is 1.22. The van der Waals surface area contributed by atoms with Crippen LogP contribution in [0.25, 0.3) is 0 Å². The van der Waals surface area contributed by atoms with E-state index in [2.05, 4.69) is 4.98 Å². The number of methoxy groups -OCH3 is 1. The van der Waals surface area contributed by atoms with E-state index in [0.29, 0.717) is 18.9 Å². The average Bonchev–Trinajstić information content (AvgIpc) is 2.15. The highest BCUT2D eigenvalue weighted by molar-refractivity contribution is 5.36. The number of nitrogens with zero attached hydrogens (tertiary/aromatic N) is 1. The molecule has 1 rings (SSSR count). The van der Waals surface area contributed by atoms with E-state index in [-0.39, 0.29) is 6.10 Å². The second-order valence-corrected chi connectivity index (χ2v) is 3.16. The third-order valence-electron chi connectivity index (χ3n) is 1.76. The van der Waals surface area contributed by atoms with Gasteiger partial charge in [0, 0.05) is 19.0 Å². The summed E-state index contributed by atoms with van der Waals surface area (Å²) in [5.41, 5.74) is 7.15. The molecule has 1 aromatic heterocycles. The largest absolute Gasteiger partial charge is 0.399 e. The van der Waals surface area contributed by atoms with E-state index in [1.807, 2.05) is 6.92 Å². The van der Waals surface area contributed by atoms with Crippen molar-refractivity contribution in [1.29, 1.82) is 0 Å². The van der Waals surface area contributed by atoms with Crippen LogP contribution in [0, 0.1) is 0 Å². The number of hydrogen-bond donors (Lipinski definition) is 1. The molecule has 0 saturated heterocycles. The van der Waals surface area contributed by atoms with Crippen molar-refractivity contribution in [3.63, 3.8) is 0 Å². The fraction of sp³-hybridized carbons (Fsp3) is 0.500.